The molecular formula is C19H16O2. The molecule has 1 fully saturated rings. The number of para-hydroxylation sites is 1. The molecule has 3 aromatic rings. The Morgan fingerprint density at radius 3 is 2.48 bits per heavy atom. The molecule has 1 atom stereocenters. The SMILES string of the molecule is c1ccc(Oc2c(CC3CO3)ccc3ccccc23)cc1. The van der Waals surface area contributed by atoms with Crippen molar-refractivity contribution in [3.63, 3.8) is 0 Å². The van der Waals surface area contributed by atoms with Crippen LogP contribution in [0.5, 0.6) is 11.5 Å². The minimum Gasteiger partial charge on any atom is -0.456 e. The summed E-state index contributed by atoms with van der Waals surface area (Å²) >= 11 is 0. The van der Waals surface area contributed by atoms with Crippen molar-refractivity contribution in [2.45, 2.75) is 12.5 Å². The van der Waals surface area contributed by atoms with E-state index in [2.05, 4.69) is 36.4 Å². The fraction of sp³-hybridized carbons (Fsp3) is 0.158. The molecule has 2 heteroatoms. The molecule has 0 saturated carbocycles. The maximum atomic E-state index is 6.20. The number of ether oxygens (including phenoxy) is 2. The Labute approximate surface area is 123 Å². The Bertz CT molecular complexity index is 761. The lowest BCUT2D eigenvalue weighted by atomic mass is 10.0. The molecule has 2 nitrogen and oxygen atoms in total. The second-order valence-corrected chi connectivity index (χ2v) is 5.35. The number of fused-ring (bicyclic) bond motifs is 1. The molecule has 0 amide bonds. The van der Waals surface area contributed by atoms with E-state index in [1.165, 1.54) is 10.9 Å². The second kappa shape index (κ2) is 5.23. The van der Waals surface area contributed by atoms with Gasteiger partial charge in [0, 0.05) is 11.8 Å². The highest BCUT2D eigenvalue weighted by Gasteiger charge is 2.25. The fourth-order valence-electron chi connectivity index (χ4n) is 2.61. The fourth-order valence-corrected chi connectivity index (χ4v) is 2.61. The van der Waals surface area contributed by atoms with Gasteiger partial charge in [0.2, 0.25) is 0 Å². The summed E-state index contributed by atoms with van der Waals surface area (Å²) in [6.07, 6.45) is 1.26. The van der Waals surface area contributed by atoms with E-state index in [4.69, 9.17) is 9.47 Å². The molecule has 0 spiro atoms. The van der Waals surface area contributed by atoms with Gasteiger partial charge in [-0.15, -0.1) is 0 Å². The van der Waals surface area contributed by atoms with Crippen molar-refractivity contribution in [3.8, 4) is 11.5 Å². The molecule has 1 heterocycles. The van der Waals surface area contributed by atoms with Crippen molar-refractivity contribution in [3.05, 3.63) is 72.3 Å². The van der Waals surface area contributed by atoms with Crippen LogP contribution in [0.15, 0.2) is 66.7 Å². The molecule has 0 aliphatic carbocycles. The van der Waals surface area contributed by atoms with Gasteiger partial charge >= 0.3 is 0 Å². The molecule has 1 aliphatic heterocycles. The van der Waals surface area contributed by atoms with Crippen LogP contribution >= 0.6 is 0 Å². The van der Waals surface area contributed by atoms with E-state index < -0.39 is 0 Å². The molecule has 1 saturated heterocycles. The smallest absolute Gasteiger partial charge is 0.138 e. The maximum Gasteiger partial charge on any atom is 0.138 e. The zero-order chi connectivity index (χ0) is 14.1. The van der Waals surface area contributed by atoms with E-state index in [1.54, 1.807) is 0 Å². The lowest BCUT2D eigenvalue weighted by Gasteiger charge is -2.14. The average Bonchev–Trinajstić information content (AvgIpc) is 3.35. The van der Waals surface area contributed by atoms with Crippen molar-refractivity contribution in [2.75, 3.05) is 6.61 Å². The molecule has 3 aromatic carbocycles. The van der Waals surface area contributed by atoms with Gasteiger partial charge < -0.3 is 9.47 Å². The van der Waals surface area contributed by atoms with Crippen LogP contribution in [0.4, 0.5) is 0 Å². The second-order valence-electron chi connectivity index (χ2n) is 5.35. The van der Waals surface area contributed by atoms with Gasteiger partial charge in [-0.2, -0.15) is 0 Å². The molecule has 0 radical (unpaired) electrons. The average molecular weight is 276 g/mol. The molecule has 104 valence electrons. The topological polar surface area (TPSA) is 21.8 Å². The molecule has 1 aliphatic rings. The molecule has 0 bridgehead atoms. The third-order valence-corrected chi connectivity index (χ3v) is 3.77. The number of epoxide rings is 1. The largest absolute Gasteiger partial charge is 0.456 e. The van der Waals surface area contributed by atoms with Crippen LogP contribution in [0.1, 0.15) is 5.56 Å². The first-order valence-corrected chi connectivity index (χ1v) is 7.25. The maximum absolute atomic E-state index is 6.20. The summed E-state index contributed by atoms with van der Waals surface area (Å²) in [6, 6.07) is 22.6. The standard InChI is InChI=1S/C19H16O2/c1-2-7-16(8-3-1)21-19-15(12-17-13-20-17)11-10-14-6-4-5-9-18(14)19/h1-11,17H,12-13H2. The predicted octanol–water partition coefficient (Wildman–Crippen LogP) is 4.57. The third-order valence-electron chi connectivity index (χ3n) is 3.77. The van der Waals surface area contributed by atoms with E-state index in [0.717, 1.165) is 29.9 Å². The van der Waals surface area contributed by atoms with Gasteiger partial charge in [0.1, 0.15) is 11.5 Å². The predicted molar refractivity (Wildman–Crippen MR) is 83.9 cm³/mol. The van der Waals surface area contributed by atoms with Crippen molar-refractivity contribution in [1.29, 1.82) is 0 Å². The van der Waals surface area contributed by atoms with Gasteiger partial charge in [-0.05, 0) is 23.1 Å². The van der Waals surface area contributed by atoms with Crippen LogP contribution in [-0.4, -0.2) is 12.7 Å². The summed E-state index contributed by atoms with van der Waals surface area (Å²) in [6.45, 7) is 0.859. The normalized spacial score (nSPS) is 16.9. The molecule has 1 unspecified atom stereocenters. The minimum absolute atomic E-state index is 0.351. The zero-order valence-corrected chi connectivity index (χ0v) is 11.7. The van der Waals surface area contributed by atoms with E-state index in [9.17, 15) is 0 Å². The lowest BCUT2D eigenvalue weighted by Crippen LogP contribution is -1.98. The Kier molecular flexibility index (Phi) is 3.09. The van der Waals surface area contributed by atoms with Gasteiger partial charge in [-0.3, -0.25) is 0 Å². The molecule has 0 aromatic heterocycles. The summed E-state index contributed by atoms with van der Waals surface area (Å²) in [5.41, 5.74) is 1.21. The summed E-state index contributed by atoms with van der Waals surface area (Å²) in [5.74, 6) is 1.82. The quantitative estimate of drug-likeness (QED) is 0.651. The Balaban J connectivity index is 1.81. The highest BCUT2D eigenvalue weighted by atomic mass is 16.6. The molecule has 0 N–H and O–H groups in total. The van der Waals surface area contributed by atoms with Crippen molar-refractivity contribution >= 4 is 10.8 Å². The van der Waals surface area contributed by atoms with Crippen LogP contribution in [0.3, 0.4) is 0 Å². The van der Waals surface area contributed by atoms with Gasteiger partial charge in [0.05, 0.1) is 12.7 Å². The van der Waals surface area contributed by atoms with Gasteiger partial charge in [0.15, 0.2) is 0 Å². The monoisotopic (exact) mass is 276 g/mol. The minimum atomic E-state index is 0.351. The highest BCUT2D eigenvalue weighted by Crippen LogP contribution is 2.35. The Morgan fingerprint density at radius 1 is 0.905 bits per heavy atom. The van der Waals surface area contributed by atoms with Crippen LogP contribution in [0.25, 0.3) is 10.8 Å². The first-order chi connectivity index (χ1) is 10.4. The molecule has 4 rings (SSSR count). The number of hydrogen-bond acceptors (Lipinski definition) is 2. The third kappa shape index (κ3) is 2.63. The first-order valence-electron chi connectivity index (χ1n) is 7.25. The van der Waals surface area contributed by atoms with Gasteiger partial charge in [-0.1, -0.05) is 54.6 Å². The summed E-state index contributed by atoms with van der Waals surface area (Å²) in [4.78, 5) is 0. The molecular weight excluding hydrogens is 260 g/mol. The van der Waals surface area contributed by atoms with Crippen molar-refractivity contribution in [2.24, 2.45) is 0 Å². The van der Waals surface area contributed by atoms with Gasteiger partial charge in [-0.25, -0.2) is 0 Å². The number of hydrogen-bond donors (Lipinski definition) is 0. The van der Waals surface area contributed by atoms with E-state index in [1.807, 2.05) is 30.3 Å². The number of benzene rings is 3. The van der Waals surface area contributed by atoms with Crippen LogP contribution in [-0.2, 0) is 11.2 Å². The highest BCUT2D eigenvalue weighted by molar-refractivity contribution is 5.89. The van der Waals surface area contributed by atoms with Crippen LogP contribution < -0.4 is 4.74 Å². The van der Waals surface area contributed by atoms with E-state index >= 15 is 0 Å². The summed E-state index contributed by atoms with van der Waals surface area (Å²) < 4.78 is 11.6. The Hall–Kier alpha value is -2.32. The Morgan fingerprint density at radius 2 is 1.67 bits per heavy atom. The van der Waals surface area contributed by atoms with Crippen LogP contribution in [0.2, 0.25) is 0 Å². The van der Waals surface area contributed by atoms with Crippen molar-refractivity contribution < 1.29 is 9.47 Å². The first kappa shape index (κ1) is 12.4. The molecule has 21 heavy (non-hydrogen) atoms. The summed E-state index contributed by atoms with van der Waals surface area (Å²) in [5, 5.41) is 2.35. The van der Waals surface area contributed by atoms with E-state index in [0.29, 0.717) is 6.10 Å². The zero-order valence-electron chi connectivity index (χ0n) is 11.7. The number of rotatable bonds is 4. The van der Waals surface area contributed by atoms with E-state index in [-0.39, 0.29) is 0 Å². The lowest BCUT2D eigenvalue weighted by molar-refractivity contribution is 0.403. The van der Waals surface area contributed by atoms with Gasteiger partial charge in [0.25, 0.3) is 0 Å². The van der Waals surface area contributed by atoms with Crippen LogP contribution in [0, 0.1) is 0 Å². The van der Waals surface area contributed by atoms with Crippen molar-refractivity contribution in [1.82, 2.24) is 0 Å². The summed E-state index contributed by atoms with van der Waals surface area (Å²) in [7, 11) is 0.